The Bertz CT molecular complexity index is 56.9. The molecule has 0 N–H and O–H groups in total. The van der Waals surface area contributed by atoms with Crippen LogP contribution in [0.5, 0.6) is 0 Å². The average molecular weight is 174 g/mol. The van der Waals surface area contributed by atoms with Gasteiger partial charge in [0.1, 0.15) is 0 Å². The SMILES string of the molecule is C=C.CCCOCCOCCC. The van der Waals surface area contributed by atoms with Crippen LogP contribution in [0, 0.1) is 0 Å². The molecular formula is C10H22O2. The van der Waals surface area contributed by atoms with E-state index in [-0.39, 0.29) is 0 Å². The number of rotatable bonds is 7. The van der Waals surface area contributed by atoms with E-state index < -0.39 is 0 Å². The smallest absolute Gasteiger partial charge is 0.0700 e. The molecule has 12 heavy (non-hydrogen) atoms. The van der Waals surface area contributed by atoms with Gasteiger partial charge < -0.3 is 9.47 Å². The van der Waals surface area contributed by atoms with Crippen molar-refractivity contribution >= 4 is 0 Å². The summed E-state index contributed by atoms with van der Waals surface area (Å²) in [5.41, 5.74) is 0. The minimum absolute atomic E-state index is 0.744. The molecule has 0 unspecified atom stereocenters. The molecule has 0 radical (unpaired) electrons. The minimum atomic E-state index is 0.744. The Balaban J connectivity index is 0. The van der Waals surface area contributed by atoms with Crippen molar-refractivity contribution in [1.82, 2.24) is 0 Å². The Hall–Kier alpha value is -0.340. The van der Waals surface area contributed by atoms with E-state index in [0.717, 1.165) is 39.3 Å². The largest absolute Gasteiger partial charge is 0.379 e. The van der Waals surface area contributed by atoms with Gasteiger partial charge in [0.15, 0.2) is 0 Å². The zero-order valence-corrected chi connectivity index (χ0v) is 8.47. The Morgan fingerprint density at radius 2 is 1.08 bits per heavy atom. The van der Waals surface area contributed by atoms with Crippen molar-refractivity contribution in [3.8, 4) is 0 Å². The summed E-state index contributed by atoms with van der Waals surface area (Å²) in [4.78, 5) is 0. The fraction of sp³-hybridized carbons (Fsp3) is 0.800. The first-order valence-corrected chi connectivity index (χ1v) is 4.57. The van der Waals surface area contributed by atoms with Gasteiger partial charge in [-0.3, -0.25) is 0 Å². The molecule has 0 bridgehead atoms. The quantitative estimate of drug-likeness (QED) is 0.436. The van der Waals surface area contributed by atoms with Crippen LogP contribution in [-0.4, -0.2) is 26.4 Å². The van der Waals surface area contributed by atoms with Crippen molar-refractivity contribution in [2.45, 2.75) is 26.7 Å². The maximum absolute atomic E-state index is 5.20. The standard InChI is InChI=1S/C8H18O2.C2H4/c1-3-5-9-7-8-10-6-4-2;1-2/h3-8H2,1-2H3;1-2H2. The molecule has 74 valence electrons. The van der Waals surface area contributed by atoms with Crippen LogP contribution in [0.1, 0.15) is 26.7 Å². The molecule has 0 aromatic carbocycles. The van der Waals surface area contributed by atoms with Gasteiger partial charge in [-0.2, -0.15) is 0 Å². The summed E-state index contributed by atoms with van der Waals surface area (Å²) in [6.45, 7) is 13.4. The van der Waals surface area contributed by atoms with Crippen LogP contribution in [0.15, 0.2) is 13.2 Å². The average Bonchev–Trinajstić information content (AvgIpc) is 2.15. The van der Waals surface area contributed by atoms with Gasteiger partial charge in [0.2, 0.25) is 0 Å². The maximum atomic E-state index is 5.20. The van der Waals surface area contributed by atoms with E-state index in [1.807, 2.05) is 0 Å². The van der Waals surface area contributed by atoms with Crippen molar-refractivity contribution in [1.29, 1.82) is 0 Å². The highest BCUT2D eigenvalue weighted by Gasteiger charge is 1.85. The van der Waals surface area contributed by atoms with Crippen LogP contribution in [0.4, 0.5) is 0 Å². The molecule has 0 spiro atoms. The summed E-state index contributed by atoms with van der Waals surface area (Å²) in [6, 6.07) is 0. The number of hydrogen-bond acceptors (Lipinski definition) is 2. The molecule has 2 heteroatoms. The fourth-order valence-corrected chi connectivity index (χ4v) is 0.611. The zero-order chi connectivity index (χ0) is 9.66. The van der Waals surface area contributed by atoms with Gasteiger partial charge in [0, 0.05) is 13.2 Å². The second-order valence-electron chi connectivity index (χ2n) is 2.22. The summed E-state index contributed by atoms with van der Waals surface area (Å²) < 4.78 is 10.4. The third-order valence-electron chi connectivity index (χ3n) is 1.07. The summed E-state index contributed by atoms with van der Waals surface area (Å²) in [7, 11) is 0. The normalized spacial score (nSPS) is 8.83. The predicted molar refractivity (Wildman–Crippen MR) is 53.5 cm³/mol. The van der Waals surface area contributed by atoms with Gasteiger partial charge in [0.25, 0.3) is 0 Å². The van der Waals surface area contributed by atoms with Crippen LogP contribution in [-0.2, 0) is 9.47 Å². The van der Waals surface area contributed by atoms with Crippen molar-refractivity contribution in [2.24, 2.45) is 0 Å². The highest BCUT2D eigenvalue weighted by Crippen LogP contribution is 1.83. The lowest BCUT2D eigenvalue weighted by molar-refractivity contribution is 0.0483. The molecule has 0 amide bonds. The lowest BCUT2D eigenvalue weighted by Gasteiger charge is -2.02. The van der Waals surface area contributed by atoms with Crippen LogP contribution in [0.25, 0.3) is 0 Å². The fourth-order valence-electron chi connectivity index (χ4n) is 0.611. The molecule has 0 rings (SSSR count). The van der Waals surface area contributed by atoms with Gasteiger partial charge in [0.05, 0.1) is 13.2 Å². The molecule has 0 saturated heterocycles. The van der Waals surface area contributed by atoms with Crippen LogP contribution >= 0.6 is 0 Å². The third-order valence-corrected chi connectivity index (χ3v) is 1.07. The van der Waals surface area contributed by atoms with E-state index in [2.05, 4.69) is 27.0 Å². The minimum Gasteiger partial charge on any atom is -0.379 e. The van der Waals surface area contributed by atoms with Crippen molar-refractivity contribution in [3.63, 3.8) is 0 Å². The second kappa shape index (κ2) is 17.0. The van der Waals surface area contributed by atoms with E-state index >= 15 is 0 Å². The van der Waals surface area contributed by atoms with Gasteiger partial charge in [-0.05, 0) is 12.8 Å². The molecule has 0 heterocycles. The van der Waals surface area contributed by atoms with E-state index in [9.17, 15) is 0 Å². The molecule has 0 aliphatic rings. The molecule has 2 nitrogen and oxygen atoms in total. The Kier molecular flexibility index (Phi) is 20.1. The topological polar surface area (TPSA) is 18.5 Å². The summed E-state index contributed by atoms with van der Waals surface area (Å²) in [5.74, 6) is 0. The number of ether oxygens (including phenoxy) is 2. The molecule has 0 aromatic heterocycles. The predicted octanol–water partition coefficient (Wildman–Crippen LogP) is 2.64. The van der Waals surface area contributed by atoms with Crippen LogP contribution in [0.2, 0.25) is 0 Å². The van der Waals surface area contributed by atoms with Gasteiger partial charge in [-0.15, -0.1) is 13.2 Å². The maximum Gasteiger partial charge on any atom is 0.0700 e. The van der Waals surface area contributed by atoms with Crippen molar-refractivity contribution in [2.75, 3.05) is 26.4 Å². The summed E-state index contributed by atoms with van der Waals surface area (Å²) in [5, 5.41) is 0. The number of hydrogen-bond donors (Lipinski definition) is 0. The van der Waals surface area contributed by atoms with E-state index in [4.69, 9.17) is 9.47 Å². The van der Waals surface area contributed by atoms with Crippen molar-refractivity contribution in [3.05, 3.63) is 13.2 Å². The summed E-state index contributed by atoms with van der Waals surface area (Å²) >= 11 is 0. The zero-order valence-electron chi connectivity index (χ0n) is 8.47. The molecule has 0 aromatic rings. The van der Waals surface area contributed by atoms with Gasteiger partial charge in [-0.1, -0.05) is 13.8 Å². The summed E-state index contributed by atoms with van der Waals surface area (Å²) in [6.07, 6.45) is 2.18. The lowest BCUT2D eigenvalue weighted by atomic mass is 10.5. The van der Waals surface area contributed by atoms with E-state index in [1.54, 1.807) is 0 Å². The first-order chi connectivity index (χ1) is 5.91. The van der Waals surface area contributed by atoms with Crippen LogP contribution in [0.3, 0.4) is 0 Å². The molecule has 0 fully saturated rings. The molecule has 0 atom stereocenters. The first-order valence-electron chi connectivity index (χ1n) is 4.57. The molecular weight excluding hydrogens is 152 g/mol. The van der Waals surface area contributed by atoms with Crippen LogP contribution < -0.4 is 0 Å². The highest BCUT2D eigenvalue weighted by atomic mass is 16.5. The van der Waals surface area contributed by atoms with E-state index in [1.165, 1.54) is 0 Å². The Labute approximate surface area is 76.6 Å². The van der Waals surface area contributed by atoms with E-state index in [0.29, 0.717) is 0 Å². The molecule has 0 aliphatic carbocycles. The van der Waals surface area contributed by atoms with Crippen molar-refractivity contribution < 1.29 is 9.47 Å². The first kappa shape index (κ1) is 14.2. The lowest BCUT2D eigenvalue weighted by Crippen LogP contribution is -2.04. The molecule has 0 aliphatic heterocycles. The van der Waals surface area contributed by atoms with Gasteiger partial charge >= 0.3 is 0 Å². The second-order valence-corrected chi connectivity index (χ2v) is 2.22. The Morgan fingerprint density at radius 1 is 0.750 bits per heavy atom. The molecule has 0 saturated carbocycles. The third kappa shape index (κ3) is 16.3. The Morgan fingerprint density at radius 3 is 1.33 bits per heavy atom. The monoisotopic (exact) mass is 174 g/mol. The highest BCUT2D eigenvalue weighted by molar-refractivity contribution is 4.30. The van der Waals surface area contributed by atoms with Gasteiger partial charge in [-0.25, -0.2) is 0 Å².